The summed E-state index contributed by atoms with van der Waals surface area (Å²) >= 11 is 5.80. The molecular weight excluding hydrogens is 417 g/mol. The number of halogens is 4. The molecule has 3 rings (SSSR count). The molecule has 1 aromatic carbocycles. The number of nitrogens with zero attached hydrogens (tertiary/aromatic N) is 2. The van der Waals surface area contributed by atoms with Gasteiger partial charge in [0.2, 0.25) is 15.9 Å². The molecule has 0 N–H and O–H groups in total. The number of amides is 1. The van der Waals surface area contributed by atoms with Crippen molar-refractivity contribution < 1.29 is 26.4 Å². The van der Waals surface area contributed by atoms with Gasteiger partial charge in [-0.2, -0.15) is 17.5 Å². The number of rotatable bonds is 3. The number of piperidine rings is 2. The Labute approximate surface area is 167 Å². The van der Waals surface area contributed by atoms with Crippen LogP contribution in [0.2, 0.25) is 5.02 Å². The van der Waals surface area contributed by atoms with Gasteiger partial charge in [0.1, 0.15) is 0 Å². The Hall–Kier alpha value is -1.32. The lowest BCUT2D eigenvalue weighted by molar-refractivity contribution is -0.188. The lowest BCUT2D eigenvalue weighted by Crippen LogP contribution is -2.50. The van der Waals surface area contributed by atoms with E-state index >= 15 is 0 Å². The van der Waals surface area contributed by atoms with Crippen LogP contribution in [0.5, 0.6) is 0 Å². The summed E-state index contributed by atoms with van der Waals surface area (Å²) in [5, 5.41) is 0.412. The van der Waals surface area contributed by atoms with Crippen LogP contribution in [0.3, 0.4) is 0 Å². The minimum atomic E-state index is -4.32. The van der Waals surface area contributed by atoms with Crippen molar-refractivity contribution in [3.05, 3.63) is 29.3 Å². The van der Waals surface area contributed by atoms with Gasteiger partial charge < -0.3 is 4.90 Å². The third-order valence-corrected chi connectivity index (χ3v) is 7.51. The van der Waals surface area contributed by atoms with Crippen molar-refractivity contribution in [2.75, 3.05) is 26.2 Å². The van der Waals surface area contributed by atoms with Gasteiger partial charge in [-0.15, -0.1) is 0 Å². The van der Waals surface area contributed by atoms with E-state index in [9.17, 15) is 26.4 Å². The number of benzene rings is 1. The molecule has 2 saturated heterocycles. The first kappa shape index (κ1) is 21.4. The largest absolute Gasteiger partial charge is 0.393 e. The summed E-state index contributed by atoms with van der Waals surface area (Å²) in [5.41, 5.74) is 0. The van der Waals surface area contributed by atoms with Crippen LogP contribution in [0.15, 0.2) is 29.2 Å². The van der Waals surface area contributed by atoms with Crippen LogP contribution >= 0.6 is 11.6 Å². The van der Waals surface area contributed by atoms with Gasteiger partial charge in [-0.25, -0.2) is 8.42 Å². The van der Waals surface area contributed by atoms with Gasteiger partial charge in [-0.1, -0.05) is 11.6 Å². The second-order valence-electron chi connectivity index (χ2n) is 7.32. The molecule has 5 nitrogen and oxygen atoms in total. The van der Waals surface area contributed by atoms with Crippen molar-refractivity contribution in [3.8, 4) is 0 Å². The summed E-state index contributed by atoms with van der Waals surface area (Å²) in [6.45, 7) is 0.200. The number of carbonyl (C=O) groups is 1. The zero-order valence-corrected chi connectivity index (χ0v) is 16.7. The third-order valence-electron chi connectivity index (χ3n) is 5.38. The van der Waals surface area contributed by atoms with Crippen molar-refractivity contribution in [1.82, 2.24) is 9.21 Å². The highest BCUT2D eigenvalue weighted by molar-refractivity contribution is 7.89. The molecule has 0 saturated carbocycles. The van der Waals surface area contributed by atoms with Crippen LogP contribution in [0.25, 0.3) is 0 Å². The minimum absolute atomic E-state index is 0.0169. The average Bonchev–Trinajstić information content (AvgIpc) is 2.67. The lowest BCUT2D eigenvalue weighted by Gasteiger charge is -2.38. The van der Waals surface area contributed by atoms with E-state index in [2.05, 4.69) is 0 Å². The van der Waals surface area contributed by atoms with Crippen molar-refractivity contribution in [2.45, 2.75) is 36.8 Å². The summed E-state index contributed by atoms with van der Waals surface area (Å²) in [6.07, 6.45) is -3.04. The van der Waals surface area contributed by atoms with Crippen LogP contribution in [0.4, 0.5) is 13.2 Å². The maximum Gasteiger partial charge on any atom is 0.393 e. The highest BCUT2D eigenvalue weighted by Gasteiger charge is 2.44. The summed E-state index contributed by atoms with van der Waals surface area (Å²) < 4.78 is 66.0. The van der Waals surface area contributed by atoms with Crippen molar-refractivity contribution in [3.63, 3.8) is 0 Å². The molecule has 2 fully saturated rings. The molecule has 0 bridgehead atoms. The molecule has 156 valence electrons. The Bertz CT molecular complexity index is 814. The van der Waals surface area contributed by atoms with E-state index in [0.717, 1.165) is 0 Å². The van der Waals surface area contributed by atoms with Crippen molar-refractivity contribution in [1.29, 1.82) is 0 Å². The average molecular weight is 439 g/mol. The molecule has 2 aliphatic rings. The van der Waals surface area contributed by atoms with E-state index in [1.807, 2.05) is 0 Å². The molecule has 0 aliphatic carbocycles. The lowest BCUT2D eigenvalue weighted by atomic mass is 9.93. The zero-order chi connectivity index (χ0) is 20.5. The van der Waals surface area contributed by atoms with Gasteiger partial charge in [0, 0.05) is 31.2 Å². The smallest absolute Gasteiger partial charge is 0.342 e. The second-order valence-corrected chi connectivity index (χ2v) is 9.70. The fourth-order valence-corrected chi connectivity index (χ4v) is 5.47. The minimum Gasteiger partial charge on any atom is -0.342 e. The van der Waals surface area contributed by atoms with Gasteiger partial charge in [0.15, 0.2) is 0 Å². The van der Waals surface area contributed by atoms with E-state index in [0.29, 0.717) is 24.3 Å². The monoisotopic (exact) mass is 438 g/mol. The standard InChI is InChI=1S/C18H22ClF3N2O3S/c19-15-5-7-16(8-6-15)28(26,27)24-10-1-3-13(11-24)17(25)23-9-2-4-14(12-23)18(20,21)22/h5-8,13-14H,1-4,9-12H2. The van der Waals surface area contributed by atoms with E-state index in [1.165, 1.54) is 33.5 Å². The molecule has 28 heavy (non-hydrogen) atoms. The Morgan fingerprint density at radius 3 is 2.32 bits per heavy atom. The van der Waals surface area contributed by atoms with Gasteiger partial charge >= 0.3 is 6.18 Å². The third kappa shape index (κ3) is 4.63. The number of hydrogen-bond donors (Lipinski definition) is 0. The van der Waals surface area contributed by atoms with Crippen molar-refractivity contribution in [2.24, 2.45) is 11.8 Å². The van der Waals surface area contributed by atoms with E-state index in [-0.39, 0.29) is 43.4 Å². The van der Waals surface area contributed by atoms with E-state index < -0.39 is 28.0 Å². The van der Waals surface area contributed by atoms with Gasteiger partial charge in [0.05, 0.1) is 16.7 Å². The van der Waals surface area contributed by atoms with Crippen LogP contribution in [0.1, 0.15) is 25.7 Å². The van der Waals surface area contributed by atoms with Crippen LogP contribution in [0, 0.1) is 11.8 Å². The highest BCUT2D eigenvalue weighted by Crippen LogP contribution is 2.34. The summed E-state index contributed by atoms with van der Waals surface area (Å²) in [6, 6.07) is 5.77. The molecule has 2 atom stereocenters. The number of carbonyl (C=O) groups excluding carboxylic acids is 1. The van der Waals surface area contributed by atoms with E-state index in [4.69, 9.17) is 11.6 Å². The molecule has 0 aromatic heterocycles. The number of likely N-dealkylation sites (tertiary alicyclic amines) is 1. The topological polar surface area (TPSA) is 57.7 Å². The molecule has 0 spiro atoms. The second kappa shape index (κ2) is 8.20. The Kier molecular flexibility index (Phi) is 6.26. The van der Waals surface area contributed by atoms with Crippen LogP contribution in [-0.4, -0.2) is 55.9 Å². The number of sulfonamides is 1. The fraction of sp³-hybridized carbons (Fsp3) is 0.611. The zero-order valence-electron chi connectivity index (χ0n) is 15.2. The number of hydrogen-bond acceptors (Lipinski definition) is 3. The molecule has 0 radical (unpaired) electrons. The first-order valence-corrected chi connectivity index (χ1v) is 11.0. The first-order chi connectivity index (χ1) is 13.1. The molecule has 10 heteroatoms. The van der Waals surface area contributed by atoms with Gasteiger partial charge in [-0.05, 0) is 49.9 Å². The molecular formula is C18H22ClF3N2O3S. The molecule has 2 heterocycles. The quantitative estimate of drug-likeness (QED) is 0.725. The van der Waals surface area contributed by atoms with E-state index in [1.54, 1.807) is 0 Å². The normalized spacial score (nSPS) is 24.9. The molecule has 2 aliphatic heterocycles. The maximum atomic E-state index is 13.0. The first-order valence-electron chi connectivity index (χ1n) is 9.20. The maximum absolute atomic E-state index is 13.0. The SMILES string of the molecule is O=C(C1CCCN(S(=O)(=O)c2ccc(Cl)cc2)C1)N1CCCC(C(F)(F)F)C1. The predicted molar refractivity (Wildman–Crippen MR) is 98.3 cm³/mol. The fourth-order valence-electron chi connectivity index (χ4n) is 3.82. The Morgan fingerprint density at radius 1 is 1.04 bits per heavy atom. The summed E-state index contributed by atoms with van der Waals surface area (Å²) in [7, 11) is -3.79. The van der Waals surface area contributed by atoms with Gasteiger partial charge in [-0.3, -0.25) is 4.79 Å². The summed E-state index contributed by atoms with van der Waals surface area (Å²) in [5.74, 6) is -2.52. The molecule has 2 unspecified atom stereocenters. The number of alkyl halides is 3. The van der Waals surface area contributed by atoms with Gasteiger partial charge in [0.25, 0.3) is 0 Å². The Balaban J connectivity index is 1.70. The molecule has 1 aromatic rings. The van der Waals surface area contributed by atoms with Crippen LogP contribution < -0.4 is 0 Å². The molecule has 1 amide bonds. The highest BCUT2D eigenvalue weighted by atomic mass is 35.5. The van der Waals surface area contributed by atoms with Crippen molar-refractivity contribution >= 4 is 27.5 Å². The predicted octanol–water partition coefficient (Wildman–Crippen LogP) is 3.54. The summed E-state index contributed by atoms with van der Waals surface area (Å²) in [4.78, 5) is 14.1. The Morgan fingerprint density at radius 2 is 1.68 bits per heavy atom. The van der Waals surface area contributed by atoms with Crippen LogP contribution in [-0.2, 0) is 14.8 Å².